The van der Waals surface area contributed by atoms with Gasteiger partial charge >= 0.3 is 0 Å². The van der Waals surface area contributed by atoms with Crippen LogP contribution < -0.4 is 5.32 Å². The van der Waals surface area contributed by atoms with Gasteiger partial charge in [0.2, 0.25) is 5.91 Å². The molecule has 0 aliphatic rings. The number of nitrogens with one attached hydrogen (secondary N) is 1. The molecule has 0 unspecified atom stereocenters. The van der Waals surface area contributed by atoms with Crippen LogP contribution >= 0.6 is 11.3 Å². The number of hydrogen-bond donors (Lipinski definition) is 1. The highest BCUT2D eigenvalue weighted by atomic mass is 32.1. The number of carbonyl (C=O) groups excluding carboxylic acids is 1. The quantitative estimate of drug-likeness (QED) is 0.571. The van der Waals surface area contributed by atoms with Gasteiger partial charge in [-0.05, 0) is 29.8 Å². The Morgan fingerprint density at radius 2 is 2.12 bits per heavy atom. The highest BCUT2D eigenvalue weighted by Gasteiger charge is 2.07. The van der Waals surface area contributed by atoms with Crippen LogP contribution in [0.25, 0.3) is 16.0 Å². The standard InChI is InChI=1S/C19H17N5OS/c25-18(5-6-19-23-15-3-1-2-4-16(15)26-19)22-12-14-7-8-21-17(11-14)24-10-9-20-13-24/h1-4,7-11,13H,5-6,12H2,(H,22,25). The second-order valence-electron chi connectivity index (χ2n) is 5.84. The van der Waals surface area contributed by atoms with Crippen molar-refractivity contribution in [1.29, 1.82) is 0 Å². The number of fused-ring (bicyclic) bond motifs is 1. The molecule has 0 aliphatic carbocycles. The van der Waals surface area contributed by atoms with Crippen LogP contribution in [0, 0.1) is 0 Å². The summed E-state index contributed by atoms with van der Waals surface area (Å²) in [5.74, 6) is 0.800. The van der Waals surface area contributed by atoms with Crippen molar-refractivity contribution in [2.24, 2.45) is 0 Å². The zero-order valence-corrected chi connectivity index (χ0v) is 14.8. The number of aromatic nitrogens is 4. The van der Waals surface area contributed by atoms with Gasteiger partial charge < -0.3 is 5.32 Å². The first-order valence-electron chi connectivity index (χ1n) is 8.32. The van der Waals surface area contributed by atoms with Crippen LogP contribution in [0.3, 0.4) is 0 Å². The third-order valence-corrected chi connectivity index (χ3v) is 5.07. The van der Waals surface area contributed by atoms with Crippen molar-refractivity contribution < 1.29 is 4.79 Å². The molecule has 6 nitrogen and oxygen atoms in total. The van der Waals surface area contributed by atoms with E-state index in [1.165, 1.54) is 0 Å². The van der Waals surface area contributed by atoms with Crippen molar-refractivity contribution in [3.8, 4) is 5.82 Å². The van der Waals surface area contributed by atoms with Gasteiger partial charge in [-0.1, -0.05) is 12.1 Å². The number of aryl methyl sites for hydroxylation is 1. The number of hydrogen-bond acceptors (Lipinski definition) is 5. The van der Waals surface area contributed by atoms with Gasteiger partial charge in [0.1, 0.15) is 12.1 Å². The molecule has 0 atom stereocenters. The summed E-state index contributed by atoms with van der Waals surface area (Å²) in [4.78, 5) is 25.0. The second kappa shape index (κ2) is 7.45. The molecule has 1 amide bonds. The molecule has 0 radical (unpaired) electrons. The molecule has 26 heavy (non-hydrogen) atoms. The van der Waals surface area contributed by atoms with E-state index in [0.29, 0.717) is 19.4 Å². The van der Waals surface area contributed by atoms with E-state index in [2.05, 4.69) is 26.3 Å². The third-order valence-electron chi connectivity index (χ3n) is 3.97. The van der Waals surface area contributed by atoms with Crippen molar-refractivity contribution in [2.45, 2.75) is 19.4 Å². The summed E-state index contributed by atoms with van der Waals surface area (Å²) in [5.41, 5.74) is 1.99. The maximum absolute atomic E-state index is 12.2. The number of nitrogens with zero attached hydrogens (tertiary/aromatic N) is 4. The lowest BCUT2D eigenvalue weighted by Gasteiger charge is -2.07. The summed E-state index contributed by atoms with van der Waals surface area (Å²) in [5, 5.41) is 3.95. The summed E-state index contributed by atoms with van der Waals surface area (Å²) < 4.78 is 2.99. The number of carbonyl (C=O) groups is 1. The fourth-order valence-electron chi connectivity index (χ4n) is 2.64. The topological polar surface area (TPSA) is 72.7 Å². The molecule has 7 heteroatoms. The Kier molecular flexibility index (Phi) is 4.70. The highest BCUT2D eigenvalue weighted by molar-refractivity contribution is 7.18. The van der Waals surface area contributed by atoms with E-state index in [1.807, 2.05) is 41.1 Å². The Hall–Kier alpha value is -3.06. The van der Waals surface area contributed by atoms with Crippen molar-refractivity contribution >= 4 is 27.5 Å². The molecule has 0 aliphatic heterocycles. The molecule has 0 spiro atoms. The predicted molar refractivity (Wildman–Crippen MR) is 101 cm³/mol. The van der Waals surface area contributed by atoms with Crippen molar-refractivity contribution in [3.63, 3.8) is 0 Å². The predicted octanol–water partition coefficient (Wildman–Crippen LogP) is 3.13. The molecule has 3 aromatic heterocycles. The Morgan fingerprint density at radius 1 is 1.19 bits per heavy atom. The van der Waals surface area contributed by atoms with Gasteiger partial charge in [-0.15, -0.1) is 11.3 Å². The molecule has 4 aromatic rings. The van der Waals surface area contributed by atoms with Crippen LogP contribution in [-0.4, -0.2) is 25.4 Å². The number of rotatable bonds is 6. The van der Waals surface area contributed by atoms with Crippen molar-refractivity contribution in [3.05, 3.63) is 71.9 Å². The lowest BCUT2D eigenvalue weighted by molar-refractivity contribution is -0.121. The lowest BCUT2D eigenvalue weighted by atomic mass is 10.2. The van der Waals surface area contributed by atoms with Crippen LogP contribution in [0.1, 0.15) is 17.0 Å². The normalized spacial score (nSPS) is 10.9. The Balaban J connectivity index is 1.32. The molecule has 3 heterocycles. The monoisotopic (exact) mass is 363 g/mol. The van der Waals surface area contributed by atoms with Crippen LogP contribution in [0.4, 0.5) is 0 Å². The number of amides is 1. The average Bonchev–Trinajstić information content (AvgIpc) is 3.34. The van der Waals surface area contributed by atoms with E-state index in [4.69, 9.17) is 0 Å². The minimum absolute atomic E-state index is 0.0187. The van der Waals surface area contributed by atoms with E-state index < -0.39 is 0 Å². The summed E-state index contributed by atoms with van der Waals surface area (Å²) in [6.45, 7) is 0.475. The first-order chi connectivity index (χ1) is 12.8. The second-order valence-corrected chi connectivity index (χ2v) is 6.96. The maximum atomic E-state index is 12.2. The van der Waals surface area contributed by atoms with Crippen LogP contribution in [0.15, 0.2) is 61.3 Å². The average molecular weight is 363 g/mol. The zero-order valence-electron chi connectivity index (χ0n) is 14.0. The molecule has 0 bridgehead atoms. The largest absolute Gasteiger partial charge is 0.352 e. The molecule has 1 N–H and O–H groups in total. The van der Waals surface area contributed by atoms with Crippen molar-refractivity contribution in [2.75, 3.05) is 0 Å². The number of pyridine rings is 1. The fraction of sp³-hybridized carbons (Fsp3) is 0.158. The first kappa shape index (κ1) is 16.4. The van der Waals surface area contributed by atoms with Crippen LogP contribution in [0.5, 0.6) is 0 Å². The molecule has 1 aromatic carbocycles. The van der Waals surface area contributed by atoms with Gasteiger partial charge in [0.25, 0.3) is 0 Å². The van der Waals surface area contributed by atoms with E-state index in [0.717, 1.165) is 26.6 Å². The summed E-state index contributed by atoms with van der Waals surface area (Å²) in [6, 6.07) is 11.9. The Morgan fingerprint density at radius 3 is 2.96 bits per heavy atom. The Bertz CT molecular complexity index is 992. The molecule has 130 valence electrons. The SMILES string of the molecule is O=C(CCc1nc2ccccc2s1)NCc1ccnc(-n2ccnc2)c1. The van der Waals surface area contributed by atoms with E-state index >= 15 is 0 Å². The molecular formula is C19H17N5OS. The summed E-state index contributed by atoms with van der Waals surface area (Å²) >= 11 is 1.65. The van der Waals surface area contributed by atoms with Crippen LogP contribution in [0.2, 0.25) is 0 Å². The number of imidazole rings is 1. The minimum atomic E-state index is 0.0187. The fourth-order valence-corrected chi connectivity index (χ4v) is 3.61. The lowest BCUT2D eigenvalue weighted by Crippen LogP contribution is -2.23. The maximum Gasteiger partial charge on any atom is 0.220 e. The van der Waals surface area contributed by atoms with Gasteiger partial charge in [-0.3, -0.25) is 9.36 Å². The molecule has 0 fully saturated rings. The molecule has 0 saturated heterocycles. The number of benzene rings is 1. The summed E-state index contributed by atoms with van der Waals surface area (Å²) in [6.07, 6.45) is 8.06. The van der Waals surface area contributed by atoms with Crippen molar-refractivity contribution in [1.82, 2.24) is 24.8 Å². The van der Waals surface area contributed by atoms with Crippen LogP contribution in [-0.2, 0) is 17.8 Å². The van der Waals surface area contributed by atoms with E-state index in [1.54, 1.807) is 30.1 Å². The van der Waals surface area contributed by atoms with Gasteiger partial charge in [0.05, 0.1) is 15.2 Å². The van der Waals surface area contributed by atoms with Gasteiger partial charge in [-0.25, -0.2) is 15.0 Å². The zero-order chi connectivity index (χ0) is 17.8. The molecule has 0 saturated carbocycles. The van der Waals surface area contributed by atoms with Gasteiger partial charge in [0.15, 0.2) is 0 Å². The van der Waals surface area contributed by atoms with E-state index in [-0.39, 0.29) is 5.91 Å². The highest BCUT2D eigenvalue weighted by Crippen LogP contribution is 2.22. The molecular weight excluding hydrogens is 346 g/mol. The first-order valence-corrected chi connectivity index (χ1v) is 9.14. The summed E-state index contributed by atoms with van der Waals surface area (Å²) in [7, 11) is 0. The van der Waals surface area contributed by atoms with Gasteiger partial charge in [-0.2, -0.15) is 0 Å². The Labute approximate surface area is 154 Å². The van der Waals surface area contributed by atoms with E-state index in [9.17, 15) is 4.79 Å². The third kappa shape index (κ3) is 3.78. The van der Waals surface area contributed by atoms with Gasteiger partial charge in [0, 0.05) is 38.0 Å². The molecule has 4 rings (SSSR count). The smallest absolute Gasteiger partial charge is 0.220 e. The number of thiazole rings is 1. The number of para-hydroxylation sites is 1. The minimum Gasteiger partial charge on any atom is -0.352 e.